The maximum atomic E-state index is 13.4. The van der Waals surface area contributed by atoms with Gasteiger partial charge in [-0.15, -0.1) is 0 Å². The van der Waals surface area contributed by atoms with Crippen molar-refractivity contribution in [2.75, 3.05) is 19.6 Å². The van der Waals surface area contributed by atoms with E-state index >= 15 is 0 Å². The van der Waals surface area contributed by atoms with Crippen LogP contribution in [0.15, 0.2) is 77.7 Å². The number of hydrogen-bond donors (Lipinski definition) is 2. The van der Waals surface area contributed by atoms with E-state index in [1.807, 2.05) is 31.2 Å². The number of benzene rings is 3. The summed E-state index contributed by atoms with van der Waals surface area (Å²) >= 11 is 0. The average Bonchev–Trinajstić information content (AvgIpc) is 3.35. The van der Waals surface area contributed by atoms with Gasteiger partial charge in [-0.3, -0.25) is 9.69 Å². The second-order valence-corrected chi connectivity index (χ2v) is 13.5. The summed E-state index contributed by atoms with van der Waals surface area (Å²) in [6.07, 6.45) is 2.90. The molecule has 0 aromatic heterocycles. The van der Waals surface area contributed by atoms with Gasteiger partial charge in [0.1, 0.15) is 5.82 Å². The maximum absolute atomic E-state index is 13.4. The Kier molecular flexibility index (Phi) is 9.58. The maximum Gasteiger partial charge on any atom is 0.261 e. The molecule has 1 aliphatic heterocycles. The largest absolute Gasteiger partial charge is 0.349 e. The Morgan fingerprint density at radius 2 is 1.53 bits per heavy atom. The Bertz CT molecular complexity index is 1490. The highest BCUT2D eigenvalue weighted by atomic mass is 32.2. The Morgan fingerprint density at radius 3 is 2.12 bits per heavy atom. The minimum atomic E-state index is -3.72. The van der Waals surface area contributed by atoms with Gasteiger partial charge in [-0.25, -0.2) is 26.3 Å². The number of carbonyl (C=O) groups excluding carboxylic acids is 1. The zero-order valence-corrected chi connectivity index (χ0v) is 25.1. The number of sulfonamides is 1. The summed E-state index contributed by atoms with van der Waals surface area (Å²) < 4.78 is 69.0. The summed E-state index contributed by atoms with van der Waals surface area (Å²) in [6, 6.07) is 20.2. The van der Waals surface area contributed by atoms with E-state index < -0.39 is 15.9 Å². The normalized spacial score (nSPS) is 21.4. The summed E-state index contributed by atoms with van der Waals surface area (Å²) in [5.74, 6) is -3.17. The standard InChI is InChI=1S/C33H38F3N3O3S/c1-23(25-6-12-29(34)13-7-25)37-32(40)28-8-14-30(15-9-28)38-43(41,42)31-16-10-27(11-17-31)26-4-2-24(3-5-26)18-20-39-21-19-33(35,36)22-39/h2-7,10-13,16-17,23,28,30,38H,8-9,14-15,18-22H2,1H3,(H,37,40)/t23-,28?,30?/m1/s1. The molecule has 1 aliphatic carbocycles. The Labute approximate surface area is 251 Å². The van der Waals surface area contributed by atoms with Gasteiger partial charge in [-0.1, -0.05) is 48.5 Å². The smallest absolute Gasteiger partial charge is 0.261 e. The first-order valence-electron chi connectivity index (χ1n) is 14.9. The molecule has 2 aliphatic rings. The van der Waals surface area contributed by atoms with Crippen molar-refractivity contribution in [3.8, 4) is 11.1 Å². The van der Waals surface area contributed by atoms with E-state index in [2.05, 4.69) is 10.0 Å². The predicted molar refractivity (Wildman–Crippen MR) is 161 cm³/mol. The molecule has 1 saturated carbocycles. The lowest BCUT2D eigenvalue weighted by Crippen LogP contribution is -2.41. The van der Waals surface area contributed by atoms with E-state index in [1.54, 1.807) is 41.3 Å². The lowest BCUT2D eigenvalue weighted by molar-refractivity contribution is -0.126. The summed E-state index contributed by atoms with van der Waals surface area (Å²) in [5, 5.41) is 2.99. The molecule has 43 heavy (non-hydrogen) atoms. The summed E-state index contributed by atoms with van der Waals surface area (Å²) in [7, 11) is -3.72. The fourth-order valence-electron chi connectivity index (χ4n) is 5.90. The van der Waals surface area contributed by atoms with Crippen molar-refractivity contribution in [2.24, 2.45) is 5.92 Å². The minimum absolute atomic E-state index is 0.0713. The van der Waals surface area contributed by atoms with Gasteiger partial charge in [0.15, 0.2) is 0 Å². The van der Waals surface area contributed by atoms with Gasteiger partial charge in [0.25, 0.3) is 5.92 Å². The number of nitrogens with one attached hydrogen (secondary N) is 2. The molecular formula is C33H38F3N3O3S. The quantitative estimate of drug-likeness (QED) is 0.290. The third kappa shape index (κ3) is 8.25. The minimum Gasteiger partial charge on any atom is -0.349 e. The molecule has 1 heterocycles. The van der Waals surface area contributed by atoms with E-state index in [-0.39, 0.29) is 47.6 Å². The molecule has 230 valence electrons. The molecular weight excluding hydrogens is 575 g/mol. The van der Waals surface area contributed by atoms with Gasteiger partial charge >= 0.3 is 0 Å². The Morgan fingerprint density at radius 1 is 0.930 bits per heavy atom. The summed E-state index contributed by atoms with van der Waals surface area (Å²) in [5.41, 5.74) is 3.71. The van der Waals surface area contributed by atoms with Crippen molar-refractivity contribution < 1.29 is 26.4 Å². The number of alkyl halides is 2. The van der Waals surface area contributed by atoms with E-state index in [1.165, 1.54) is 12.1 Å². The molecule has 2 N–H and O–H groups in total. The van der Waals surface area contributed by atoms with Crippen molar-refractivity contribution in [3.63, 3.8) is 0 Å². The van der Waals surface area contributed by atoms with Gasteiger partial charge in [0.2, 0.25) is 15.9 Å². The third-order valence-corrected chi connectivity index (χ3v) is 10.1. The highest BCUT2D eigenvalue weighted by Crippen LogP contribution is 2.29. The van der Waals surface area contributed by atoms with E-state index in [0.29, 0.717) is 45.2 Å². The molecule has 6 nitrogen and oxygen atoms in total. The topological polar surface area (TPSA) is 78.5 Å². The molecule has 0 bridgehead atoms. The molecule has 1 atom stereocenters. The third-order valence-electron chi connectivity index (χ3n) is 8.57. The zero-order valence-electron chi connectivity index (χ0n) is 24.2. The molecule has 1 saturated heterocycles. The lowest BCUT2D eigenvalue weighted by atomic mass is 9.85. The fraction of sp³-hybridized carbons (Fsp3) is 0.424. The second-order valence-electron chi connectivity index (χ2n) is 11.8. The molecule has 0 radical (unpaired) electrons. The predicted octanol–water partition coefficient (Wildman–Crippen LogP) is 6.09. The van der Waals surface area contributed by atoms with Gasteiger partial charge in [0, 0.05) is 31.5 Å². The average molecular weight is 614 g/mol. The molecule has 0 spiro atoms. The highest BCUT2D eigenvalue weighted by Gasteiger charge is 2.37. The van der Waals surface area contributed by atoms with E-state index in [9.17, 15) is 26.4 Å². The van der Waals surface area contributed by atoms with Crippen LogP contribution < -0.4 is 10.0 Å². The first kappa shape index (κ1) is 31.2. The zero-order chi connectivity index (χ0) is 30.6. The van der Waals surface area contributed by atoms with Crippen LogP contribution in [0.4, 0.5) is 13.2 Å². The SMILES string of the molecule is C[C@@H](NC(=O)C1CCC(NS(=O)(=O)c2ccc(-c3ccc(CCN4CCC(F)(F)C4)cc3)cc2)CC1)c1ccc(F)cc1. The number of nitrogens with zero attached hydrogens (tertiary/aromatic N) is 1. The van der Waals surface area contributed by atoms with Gasteiger partial charge in [0.05, 0.1) is 17.5 Å². The van der Waals surface area contributed by atoms with Gasteiger partial charge in [-0.2, -0.15) is 0 Å². The van der Waals surface area contributed by atoms with Gasteiger partial charge < -0.3 is 5.32 Å². The number of amides is 1. The van der Waals surface area contributed by atoms with Crippen LogP contribution in [0.3, 0.4) is 0 Å². The van der Waals surface area contributed by atoms with E-state index in [4.69, 9.17) is 0 Å². The monoisotopic (exact) mass is 613 g/mol. The summed E-state index contributed by atoms with van der Waals surface area (Å²) in [6.45, 7) is 2.70. The Hall–Kier alpha value is -3.21. The van der Waals surface area contributed by atoms with Gasteiger partial charge in [-0.05, 0) is 85.5 Å². The van der Waals surface area contributed by atoms with Crippen molar-refractivity contribution in [3.05, 3.63) is 89.7 Å². The van der Waals surface area contributed by atoms with Crippen LogP contribution in [0.1, 0.15) is 56.2 Å². The summed E-state index contributed by atoms with van der Waals surface area (Å²) in [4.78, 5) is 14.8. The second kappa shape index (κ2) is 13.2. The van der Waals surface area contributed by atoms with Crippen molar-refractivity contribution >= 4 is 15.9 Å². The molecule has 3 aromatic rings. The van der Waals surface area contributed by atoms with Crippen molar-refractivity contribution in [1.29, 1.82) is 0 Å². The van der Waals surface area contributed by atoms with Crippen molar-refractivity contribution in [2.45, 2.75) is 68.4 Å². The number of likely N-dealkylation sites (tertiary alicyclic amines) is 1. The number of hydrogen-bond acceptors (Lipinski definition) is 4. The van der Waals surface area contributed by atoms with Crippen LogP contribution >= 0.6 is 0 Å². The number of halogens is 3. The number of carbonyl (C=O) groups is 1. The molecule has 10 heteroatoms. The van der Waals surface area contributed by atoms with Crippen LogP contribution in [0.5, 0.6) is 0 Å². The molecule has 1 amide bonds. The first-order valence-corrected chi connectivity index (χ1v) is 16.3. The molecule has 5 rings (SSSR count). The van der Waals surface area contributed by atoms with Crippen LogP contribution in [-0.4, -0.2) is 50.8 Å². The Balaban J connectivity index is 1.09. The van der Waals surface area contributed by atoms with Crippen molar-refractivity contribution in [1.82, 2.24) is 14.9 Å². The van der Waals surface area contributed by atoms with E-state index in [0.717, 1.165) is 22.3 Å². The van der Waals surface area contributed by atoms with Crippen LogP contribution in [0.25, 0.3) is 11.1 Å². The lowest BCUT2D eigenvalue weighted by Gasteiger charge is -2.29. The fourth-order valence-corrected chi connectivity index (χ4v) is 7.21. The molecule has 0 unspecified atom stereocenters. The highest BCUT2D eigenvalue weighted by molar-refractivity contribution is 7.89. The molecule has 2 fully saturated rings. The molecule has 3 aromatic carbocycles. The number of rotatable bonds is 10. The van der Waals surface area contributed by atoms with Crippen LogP contribution in [-0.2, 0) is 21.2 Å². The first-order chi connectivity index (χ1) is 20.5. The van der Waals surface area contributed by atoms with Crippen LogP contribution in [0, 0.1) is 11.7 Å². The van der Waals surface area contributed by atoms with Crippen LogP contribution in [0.2, 0.25) is 0 Å².